The molecule has 0 saturated heterocycles. The zero-order valence-electron chi connectivity index (χ0n) is 11.5. The number of halogens is 2. The first-order valence-electron chi connectivity index (χ1n) is 7.29. The Morgan fingerprint density at radius 3 is 2.89 bits per heavy atom. The normalized spacial score (nSPS) is 27.5. The fraction of sp³-hybridized carbons (Fsp3) is 0.625. The first kappa shape index (κ1) is 15.0. The van der Waals surface area contributed by atoms with E-state index in [0.717, 1.165) is 28.8 Å². The van der Waals surface area contributed by atoms with Gasteiger partial charge in [-0.2, -0.15) is 0 Å². The molecule has 0 bridgehead atoms. The minimum absolute atomic E-state index is 0.160. The van der Waals surface area contributed by atoms with Crippen LogP contribution in [0.1, 0.15) is 44.6 Å². The molecule has 0 aromatic heterocycles. The number of nitrogens with two attached hydrogens (primary N) is 1. The fourth-order valence-electron chi connectivity index (χ4n) is 3.27. The summed E-state index contributed by atoms with van der Waals surface area (Å²) in [6, 6.07) is 5.19. The lowest BCUT2D eigenvalue weighted by atomic mass is 9.74. The lowest BCUT2D eigenvalue weighted by Gasteiger charge is -2.34. The maximum atomic E-state index is 13.3. The van der Waals surface area contributed by atoms with Crippen LogP contribution in [0.15, 0.2) is 22.7 Å². The van der Waals surface area contributed by atoms with Crippen LogP contribution in [0, 0.1) is 17.7 Å². The van der Waals surface area contributed by atoms with Gasteiger partial charge in [0, 0.05) is 10.5 Å². The highest BCUT2D eigenvalue weighted by Gasteiger charge is 2.28. The molecule has 1 saturated carbocycles. The van der Waals surface area contributed by atoms with Crippen LogP contribution in [-0.4, -0.2) is 6.04 Å². The standard InChI is InChI=1S/C16H23BrFN/c1-2-3-11-4-7-16(19)13(8-11)9-12-10-14(18)5-6-15(12)17/h5-6,10-11,13,16H,2-4,7-9,19H2,1H3. The molecule has 0 heterocycles. The smallest absolute Gasteiger partial charge is 0.123 e. The predicted octanol–water partition coefficient (Wildman–Crippen LogP) is 4.67. The second-order valence-electron chi connectivity index (χ2n) is 5.83. The topological polar surface area (TPSA) is 26.0 Å². The number of rotatable bonds is 4. The number of benzene rings is 1. The molecule has 1 aliphatic carbocycles. The largest absolute Gasteiger partial charge is 0.327 e. The van der Waals surface area contributed by atoms with Gasteiger partial charge in [-0.05, 0) is 61.3 Å². The molecule has 0 spiro atoms. The van der Waals surface area contributed by atoms with Gasteiger partial charge in [-0.1, -0.05) is 35.7 Å². The first-order valence-corrected chi connectivity index (χ1v) is 8.09. The monoisotopic (exact) mass is 327 g/mol. The Bertz CT molecular complexity index is 421. The maximum absolute atomic E-state index is 13.3. The minimum Gasteiger partial charge on any atom is -0.327 e. The Morgan fingerprint density at radius 1 is 1.37 bits per heavy atom. The summed E-state index contributed by atoms with van der Waals surface area (Å²) in [5, 5.41) is 0. The molecule has 1 fully saturated rings. The Kier molecular flexibility index (Phi) is 5.40. The minimum atomic E-state index is -0.160. The molecule has 0 radical (unpaired) electrons. The second-order valence-corrected chi connectivity index (χ2v) is 6.69. The third-order valence-electron chi connectivity index (χ3n) is 4.34. The molecule has 0 amide bonds. The molecule has 3 unspecified atom stereocenters. The van der Waals surface area contributed by atoms with Crippen LogP contribution < -0.4 is 5.73 Å². The van der Waals surface area contributed by atoms with E-state index in [2.05, 4.69) is 22.9 Å². The van der Waals surface area contributed by atoms with Crippen molar-refractivity contribution in [2.75, 3.05) is 0 Å². The summed E-state index contributed by atoms with van der Waals surface area (Å²) in [6.45, 7) is 2.24. The third kappa shape index (κ3) is 4.03. The summed E-state index contributed by atoms with van der Waals surface area (Å²) in [5.74, 6) is 1.14. The van der Waals surface area contributed by atoms with Gasteiger partial charge in [0.1, 0.15) is 5.82 Å². The van der Waals surface area contributed by atoms with Gasteiger partial charge in [-0.15, -0.1) is 0 Å². The van der Waals surface area contributed by atoms with Gasteiger partial charge in [-0.25, -0.2) is 4.39 Å². The van der Waals surface area contributed by atoms with Crippen molar-refractivity contribution in [1.82, 2.24) is 0 Å². The van der Waals surface area contributed by atoms with E-state index in [-0.39, 0.29) is 11.9 Å². The number of hydrogen-bond acceptors (Lipinski definition) is 1. The molecule has 0 aliphatic heterocycles. The van der Waals surface area contributed by atoms with Crippen LogP contribution in [0.4, 0.5) is 4.39 Å². The van der Waals surface area contributed by atoms with Crippen molar-refractivity contribution in [3.63, 3.8) is 0 Å². The molecule has 106 valence electrons. The van der Waals surface area contributed by atoms with Crippen molar-refractivity contribution in [3.8, 4) is 0 Å². The van der Waals surface area contributed by atoms with Crippen LogP contribution in [-0.2, 0) is 6.42 Å². The lowest BCUT2D eigenvalue weighted by Crippen LogP contribution is -2.37. The molecule has 1 nitrogen and oxygen atoms in total. The van der Waals surface area contributed by atoms with Crippen molar-refractivity contribution in [2.24, 2.45) is 17.6 Å². The van der Waals surface area contributed by atoms with E-state index >= 15 is 0 Å². The SMILES string of the molecule is CCCC1CCC(N)C(Cc2cc(F)ccc2Br)C1. The Hall–Kier alpha value is -0.410. The van der Waals surface area contributed by atoms with E-state index < -0.39 is 0 Å². The average molecular weight is 328 g/mol. The molecule has 2 N–H and O–H groups in total. The van der Waals surface area contributed by atoms with Crippen molar-refractivity contribution in [2.45, 2.75) is 51.5 Å². The summed E-state index contributed by atoms with van der Waals surface area (Å²) in [5.41, 5.74) is 7.32. The summed E-state index contributed by atoms with van der Waals surface area (Å²) >= 11 is 3.52. The van der Waals surface area contributed by atoms with E-state index in [0.29, 0.717) is 5.92 Å². The van der Waals surface area contributed by atoms with Gasteiger partial charge in [0.05, 0.1) is 0 Å². The Balaban J connectivity index is 2.05. The number of hydrogen-bond donors (Lipinski definition) is 1. The molecule has 3 atom stereocenters. The van der Waals surface area contributed by atoms with Gasteiger partial charge in [0.15, 0.2) is 0 Å². The molecular weight excluding hydrogens is 305 g/mol. The van der Waals surface area contributed by atoms with Crippen LogP contribution in [0.25, 0.3) is 0 Å². The molecular formula is C16H23BrFN. The average Bonchev–Trinajstić information content (AvgIpc) is 2.38. The van der Waals surface area contributed by atoms with Crippen molar-refractivity contribution < 1.29 is 4.39 Å². The van der Waals surface area contributed by atoms with Crippen LogP contribution >= 0.6 is 15.9 Å². The summed E-state index contributed by atoms with van der Waals surface area (Å²) in [7, 11) is 0. The van der Waals surface area contributed by atoms with E-state index in [4.69, 9.17) is 5.73 Å². The van der Waals surface area contributed by atoms with Crippen molar-refractivity contribution in [1.29, 1.82) is 0 Å². The van der Waals surface area contributed by atoms with E-state index in [1.165, 1.54) is 31.7 Å². The van der Waals surface area contributed by atoms with Gasteiger partial charge in [0.25, 0.3) is 0 Å². The maximum Gasteiger partial charge on any atom is 0.123 e. The third-order valence-corrected chi connectivity index (χ3v) is 5.11. The van der Waals surface area contributed by atoms with Gasteiger partial charge < -0.3 is 5.73 Å². The molecule has 3 heteroatoms. The molecule has 1 aromatic carbocycles. The van der Waals surface area contributed by atoms with E-state index in [9.17, 15) is 4.39 Å². The van der Waals surface area contributed by atoms with E-state index in [1.54, 1.807) is 12.1 Å². The van der Waals surface area contributed by atoms with Crippen molar-refractivity contribution >= 4 is 15.9 Å². The molecule has 19 heavy (non-hydrogen) atoms. The van der Waals surface area contributed by atoms with Gasteiger partial charge in [0.2, 0.25) is 0 Å². The molecule has 2 rings (SSSR count). The summed E-state index contributed by atoms with van der Waals surface area (Å²) in [4.78, 5) is 0. The summed E-state index contributed by atoms with van der Waals surface area (Å²) < 4.78 is 14.3. The zero-order valence-corrected chi connectivity index (χ0v) is 13.1. The highest BCUT2D eigenvalue weighted by Crippen LogP contribution is 2.34. The quantitative estimate of drug-likeness (QED) is 0.854. The Morgan fingerprint density at radius 2 is 2.16 bits per heavy atom. The van der Waals surface area contributed by atoms with Crippen LogP contribution in [0.2, 0.25) is 0 Å². The highest BCUT2D eigenvalue weighted by molar-refractivity contribution is 9.10. The predicted molar refractivity (Wildman–Crippen MR) is 81.5 cm³/mol. The summed E-state index contributed by atoms with van der Waals surface area (Å²) in [6.07, 6.45) is 7.00. The van der Waals surface area contributed by atoms with Crippen molar-refractivity contribution in [3.05, 3.63) is 34.1 Å². The molecule has 1 aliphatic rings. The second kappa shape index (κ2) is 6.85. The Labute approximate surface area is 123 Å². The lowest BCUT2D eigenvalue weighted by molar-refractivity contribution is 0.221. The van der Waals surface area contributed by atoms with Gasteiger partial charge in [-0.3, -0.25) is 0 Å². The van der Waals surface area contributed by atoms with Gasteiger partial charge >= 0.3 is 0 Å². The highest BCUT2D eigenvalue weighted by atomic mass is 79.9. The first-order chi connectivity index (χ1) is 9.10. The molecule has 1 aromatic rings. The zero-order chi connectivity index (χ0) is 13.8. The van der Waals surface area contributed by atoms with E-state index in [1.807, 2.05) is 0 Å². The fourth-order valence-corrected chi connectivity index (χ4v) is 3.68. The van der Waals surface area contributed by atoms with Crippen LogP contribution in [0.3, 0.4) is 0 Å². The van der Waals surface area contributed by atoms with Crippen LogP contribution in [0.5, 0.6) is 0 Å².